The first-order valence-electron chi connectivity index (χ1n) is 10.8. The number of fused-ring (bicyclic) bond motifs is 1. The summed E-state index contributed by atoms with van der Waals surface area (Å²) < 4.78 is 36.8. The van der Waals surface area contributed by atoms with Crippen molar-refractivity contribution < 1.29 is 22.7 Å². The fourth-order valence-electron chi connectivity index (χ4n) is 3.66. The number of hydrogen-bond acceptors (Lipinski definition) is 8. The topological polar surface area (TPSA) is 138 Å². The van der Waals surface area contributed by atoms with Crippen molar-refractivity contribution in [3.8, 4) is 17.1 Å². The predicted octanol–water partition coefficient (Wildman–Crippen LogP) is 1.61. The van der Waals surface area contributed by atoms with Gasteiger partial charge in [-0.1, -0.05) is 24.3 Å². The normalized spacial score (nSPS) is 17.1. The van der Waals surface area contributed by atoms with Gasteiger partial charge in [-0.3, -0.25) is 9.78 Å². The van der Waals surface area contributed by atoms with E-state index in [1.54, 1.807) is 26.2 Å². The number of aromatic nitrogens is 3. The summed E-state index contributed by atoms with van der Waals surface area (Å²) in [7, 11) is -3.31. The molecule has 0 saturated carbocycles. The van der Waals surface area contributed by atoms with Gasteiger partial charge in [-0.05, 0) is 25.5 Å². The monoisotopic (exact) mass is 519 g/mol. The van der Waals surface area contributed by atoms with Gasteiger partial charge in [0.15, 0.2) is 5.52 Å². The maximum Gasteiger partial charge on any atom is 0.242 e. The first-order chi connectivity index (χ1) is 16.1. The fourth-order valence-corrected chi connectivity index (χ4v) is 4.50. The number of nitrogens with zero attached hydrogens (tertiary/aromatic N) is 4. The molecule has 1 aliphatic heterocycles. The van der Waals surface area contributed by atoms with Crippen LogP contribution in [0.1, 0.15) is 19.4 Å². The molecule has 188 valence electrons. The molecule has 1 saturated heterocycles. The summed E-state index contributed by atoms with van der Waals surface area (Å²) in [6.45, 7) is 4.49. The van der Waals surface area contributed by atoms with Crippen LogP contribution in [0.4, 0.5) is 0 Å². The van der Waals surface area contributed by atoms with E-state index in [4.69, 9.17) is 15.2 Å². The number of sulfonamides is 1. The molecule has 2 aromatic heterocycles. The number of primary amides is 1. The summed E-state index contributed by atoms with van der Waals surface area (Å²) >= 11 is 0. The van der Waals surface area contributed by atoms with Gasteiger partial charge in [0.2, 0.25) is 21.8 Å². The number of pyridine rings is 1. The smallest absolute Gasteiger partial charge is 0.242 e. The molecule has 1 amide bonds. The zero-order valence-corrected chi connectivity index (χ0v) is 21.6. The highest BCUT2D eigenvalue weighted by Gasteiger charge is 2.28. The SMILES string of the molecule is CC(C)(C(N)=O)c1ccc(-c2cc3nccnc3c(OC[C@@H]3CN(S(C)(=O)=O)CCO3)n2)cc1.S. The number of rotatable bonds is 7. The van der Waals surface area contributed by atoms with Crippen LogP contribution in [0.3, 0.4) is 0 Å². The third-order valence-electron chi connectivity index (χ3n) is 5.92. The summed E-state index contributed by atoms with van der Waals surface area (Å²) in [5, 5.41) is 0. The van der Waals surface area contributed by atoms with Gasteiger partial charge in [0.1, 0.15) is 12.7 Å². The maximum atomic E-state index is 11.9. The lowest BCUT2D eigenvalue weighted by atomic mass is 9.83. The van der Waals surface area contributed by atoms with Crippen molar-refractivity contribution in [1.82, 2.24) is 19.3 Å². The Balaban J connectivity index is 0.00000342. The number of amides is 1. The van der Waals surface area contributed by atoms with Crippen LogP contribution < -0.4 is 10.5 Å². The van der Waals surface area contributed by atoms with E-state index in [0.29, 0.717) is 29.9 Å². The van der Waals surface area contributed by atoms with Crippen molar-refractivity contribution in [3.63, 3.8) is 0 Å². The standard InChI is InChI=1S/C23H27N5O5S.H2S/c1-23(2,22(24)29)16-6-4-15(5-7-16)18-12-19-20(26-9-8-25-19)21(27-18)33-14-17-13-28(10-11-32-17)34(3,30)31;/h4-9,12,17H,10-11,13-14H2,1-3H3,(H2,24,29);1H2/t17-;/m0./s1. The molecule has 4 rings (SSSR count). The number of ether oxygens (including phenoxy) is 2. The third-order valence-corrected chi connectivity index (χ3v) is 7.19. The van der Waals surface area contributed by atoms with E-state index in [2.05, 4.69) is 15.0 Å². The zero-order valence-electron chi connectivity index (χ0n) is 19.8. The minimum atomic E-state index is -3.31. The lowest BCUT2D eigenvalue weighted by Crippen LogP contribution is -2.47. The van der Waals surface area contributed by atoms with Crippen LogP contribution in [-0.2, 0) is 25.0 Å². The molecule has 1 aliphatic rings. The lowest BCUT2D eigenvalue weighted by Gasteiger charge is -2.30. The molecule has 10 nitrogen and oxygen atoms in total. The summed E-state index contributed by atoms with van der Waals surface area (Å²) in [6, 6.07) is 9.23. The van der Waals surface area contributed by atoms with Crippen LogP contribution in [-0.4, -0.2) is 72.2 Å². The fraction of sp³-hybridized carbons (Fsp3) is 0.391. The Kier molecular flexibility index (Phi) is 8.00. The summed E-state index contributed by atoms with van der Waals surface area (Å²) in [4.78, 5) is 25.2. The van der Waals surface area contributed by atoms with Gasteiger partial charge < -0.3 is 15.2 Å². The van der Waals surface area contributed by atoms with Gasteiger partial charge >= 0.3 is 0 Å². The first kappa shape index (κ1) is 26.8. The molecule has 1 atom stereocenters. The van der Waals surface area contributed by atoms with Crippen LogP contribution >= 0.6 is 13.5 Å². The van der Waals surface area contributed by atoms with Crippen molar-refractivity contribution in [3.05, 3.63) is 48.3 Å². The number of carbonyl (C=O) groups excluding carboxylic acids is 1. The van der Waals surface area contributed by atoms with Crippen LogP contribution in [0.5, 0.6) is 5.88 Å². The van der Waals surface area contributed by atoms with Crippen molar-refractivity contribution in [2.45, 2.75) is 25.4 Å². The number of carbonyl (C=O) groups is 1. The largest absolute Gasteiger partial charge is 0.473 e. The zero-order chi connectivity index (χ0) is 24.5. The summed E-state index contributed by atoms with van der Waals surface area (Å²) in [6.07, 6.45) is 3.89. The Hall–Kier alpha value is -2.80. The van der Waals surface area contributed by atoms with Crippen molar-refractivity contribution in [2.75, 3.05) is 32.6 Å². The number of nitrogens with two attached hydrogens (primary N) is 1. The second-order valence-electron chi connectivity index (χ2n) is 8.73. The molecule has 0 bridgehead atoms. The van der Waals surface area contributed by atoms with Crippen LogP contribution in [0.25, 0.3) is 22.3 Å². The second kappa shape index (κ2) is 10.4. The van der Waals surface area contributed by atoms with E-state index >= 15 is 0 Å². The minimum absolute atomic E-state index is 0. The molecule has 1 fully saturated rings. The molecule has 1 aromatic carbocycles. The molecule has 2 N–H and O–H groups in total. The molecule has 0 spiro atoms. The van der Waals surface area contributed by atoms with E-state index in [0.717, 1.165) is 11.1 Å². The highest BCUT2D eigenvalue weighted by atomic mass is 32.2. The Morgan fingerprint density at radius 3 is 2.57 bits per heavy atom. The highest BCUT2D eigenvalue weighted by Crippen LogP contribution is 2.29. The van der Waals surface area contributed by atoms with E-state index in [-0.39, 0.29) is 32.5 Å². The minimum Gasteiger partial charge on any atom is -0.473 e. The van der Waals surface area contributed by atoms with Gasteiger partial charge in [0.05, 0.1) is 29.5 Å². The molecule has 0 unspecified atom stereocenters. The first-order valence-corrected chi connectivity index (χ1v) is 12.6. The summed E-state index contributed by atoms with van der Waals surface area (Å²) in [5.41, 5.74) is 8.05. The Labute approximate surface area is 211 Å². The molecule has 35 heavy (non-hydrogen) atoms. The average molecular weight is 520 g/mol. The molecule has 3 aromatic rings. The molecular weight excluding hydrogens is 490 g/mol. The Morgan fingerprint density at radius 2 is 1.91 bits per heavy atom. The molecule has 0 aliphatic carbocycles. The molecule has 0 radical (unpaired) electrons. The highest BCUT2D eigenvalue weighted by molar-refractivity contribution is 7.88. The van der Waals surface area contributed by atoms with Gasteiger partial charge in [0, 0.05) is 31.0 Å². The van der Waals surface area contributed by atoms with Crippen molar-refractivity contribution in [1.29, 1.82) is 0 Å². The van der Waals surface area contributed by atoms with E-state index in [1.165, 1.54) is 10.6 Å². The Morgan fingerprint density at radius 1 is 1.23 bits per heavy atom. The van der Waals surface area contributed by atoms with E-state index in [1.807, 2.05) is 30.3 Å². The summed E-state index contributed by atoms with van der Waals surface area (Å²) in [5.74, 6) is -0.128. The lowest BCUT2D eigenvalue weighted by molar-refractivity contribution is -0.122. The van der Waals surface area contributed by atoms with Crippen LogP contribution in [0.15, 0.2) is 42.7 Å². The molecular formula is C23H29N5O5S2. The van der Waals surface area contributed by atoms with E-state index in [9.17, 15) is 13.2 Å². The van der Waals surface area contributed by atoms with Crippen LogP contribution in [0.2, 0.25) is 0 Å². The van der Waals surface area contributed by atoms with Gasteiger partial charge in [-0.25, -0.2) is 18.4 Å². The van der Waals surface area contributed by atoms with Crippen molar-refractivity contribution >= 4 is 40.5 Å². The Bertz CT molecular complexity index is 1320. The quantitative estimate of drug-likeness (QED) is 0.497. The van der Waals surface area contributed by atoms with Gasteiger partial charge in [-0.15, -0.1) is 0 Å². The number of morpholine rings is 1. The second-order valence-corrected chi connectivity index (χ2v) is 10.7. The third kappa shape index (κ3) is 5.89. The van der Waals surface area contributed by atoms with Crippen LogP contribution in [0, 0.1) is 0 Å². The maximum absolute atomic E-state index is 11.9. The molecule has 12 heteroatoms. The average Bonchev–Trinajstić information content (AvgIpc) is 2.82. The predicted molar refractivity (Wildman–Crippen MR) is 137 cm³/mol. The van der Waals surface area contributed by atoms with Gasteiger partial charge in [-0.2, -0.15) is 17.8 Å². The van der Waals surface area contributed by atoms with E-state index < -0.39 is 27.4 Å². The van der Waals surface area contributed by atoms with Gasteiger partial charge in [0.25, 0.3) is 0 Å². The number of benzene rings is 1. The number of hydrogen-bond donors (Lipinski definition) is 1. The molecule has 3 heterocycles. The van der Waals surface area contributed by atoms with Crippen molar-refractivity contribution in [2.24, 2.45) is 5.73 Å².